The topological polar surface area (TPSA) is 71.1 Å². The molecule has 0 bridgehead atoms. The molecule has 0 atom stereocenters. The van der Waals surface area contributed by atoms with Crippen LogP contribution in [0.1, 0.15) is 42.3 Å². The average Bonchev–Trinajstić information content (AvgIpc) is 2.34. The van der Waals surface area contributed by atoms with Gasteiger partial charge in [0.05, 0.1) is 17.2 Å². The van der Waals surface area contributed by atoms with Gasteiger partial charge in [-0.3, -0.25) is 4.89 Å². The van der Waals surface area contributed by atoms with Crippen molar-refractivity contribution in [2.45, 2.75) is 34.6 Å². The third-order valence-corrected chi connectivity index (χ3v) is 2.29. The molecule has 0 saturated heterocycles. The Balaban J connectivity index is 2.38. The minimum absolute atomic E-state index is 0.153. The van der Waals surface area contributed by atoms with Gasteiger partial charge in [-0.2, -0.15) is 0 Å². The van der Waals surface area contributed by atoms with Gasteiger partial charge in [0.15, 0.2) is 0 Å². The zero-order valence-corrected chi connectivity index (χ0v) is 12.9. The lowest BCUT2D eigenvalue weighted by atomic mass is 9.99. The van der Waals surface area contributed by atoms with Crippen LogP contribution in [-0.4, -0.2) is 18.7 Å². The second-order valence-electron chi connectivity index (χ2n) is 6.00. The fraction of sp³-hybridized carbons (Fsp3) is 0.467. The van der Waals surface area contributed by atoms with E-state index in [1.54, 1.807) is 12.1 Å². The maximum Gasteiger partial charge on any atom is 0.543 e. The molecule has 0 aliphatic carbocycles. The van der Waals surface area contributed by atoms with Gasteiger partial charge in [0.25, 0.3) is 0 Å². The molecule has 0 aromatic heterocycles. The summed E-state index contributed by atoms with van der Waals surface area (Å²) in [4.78, 5) is 31.4. The van der Waals surface area contributed by atoms with Crippen LogP contribution >= 0.6 is 0 Å². The Kier molecular flexibility index (Phi) is 5.72. The molecule has 6 heteroatoms. The van der Waals surface area contributed by atoms with Crippen molar-refractivity contribution in [2.75, 3.05) is 6.61 Å². The van der Waals surface area contributed by atoms with E-state index >= 15 is 0 Å². The average molecular weight is 296 g/mol. The largest absolute Gasteiger partial charge is 0.543 e. The Labute approximate surface area is 123 Å². The first-order valence-corrected chi connectivity index (χ1v) is 6.48. The number of rotatable bonds is 4. The van der Waals surface area contributed by atoms with Crippen LogP contribution in [-0.2, 0) is 19.6 Å². The first kappa shape index (κ1) is 17.0. The molecule has 0 N–H and O–H groups in total. The summed E-state index contributed by atoms with van der Waals surface area (Å²) in [7, 11) is 0. The van der Waals surface area contributed by atoms with Crippen LogP contribution in [0.5, 0.6) is 0 Å². The van der Waals surface area contributed by atoms with E-state index < -0.39 is 12.1 Å². The van der Waals surface area contributed by atoms with E-state index in [0.29, 0.717) is 5.56 Å². The maximum atomic E-state index is 11.7. The van der Waals surface area contributed by atoms with Gasteiger partial charge in [-0.25, -0.2) is 14.5 Å². The maximum absolute atomic E-state index is 11.7. The van der Waals surface area contributed by atoms with Gasteiger partial charge < -0.3 is 4.74 Å². The molecule has 0 aliphatic heterocycles. The summed E-state index contributed by atoms with van der Waals surface area (Å²) in [6.07, 6.45) is -1.07. The lowest BCUT2D eigenvalue weighted by molar-refractivity contribution is -0.452. The predicted octanol–water partition coefficient (Wildman–Crippen LogP) is 3.51. The third kappa shape index (κ3) is 6.76. The Bertz CT molecular complexity index is 495. The minimum atomic E-state index is -1.07. The second kappa shape index (κ2) is 7.08. The first-order chi connectivity index (χ1) is 9.67. The predicted molar refractivity (Wildman–Crippen MR) is 74.3 cm³/mol. The van der Waals surface area contributed by atoms with Crippen molar-refractivity contribution in [1.29, 1.82) is 0 Å². The van der Waals surface area contributed by atoms with Gasteiger partial charge in [-0.05, 0) is 31.4 Å². The second-order valence-corrected chi connectivity index (χ2v) is 6.00. The Morgan fingerprint density at radius 2 is 1.57 bits per heavy atom. The molecule has 0 heterocycles. The van der Waals surface area contributed by atoms with Crippen molar-refractivity contribution in [3.63, 3.8) is 0 Å². The number of hydrogen-bond donors (Lipinski definition) is 0. The van der Waals surface area contributed by atoms with Crippen molar-refractivity contribution < 1.29 is 29.1 Å². The summed E-state index contributed by atoms with van der Waals surface area (Å²) in [5.74, 6) is -0.759. The van der Waals surface area contributed by atoms with Crippen LogP contribution in [0.4, 0.5) is 4.79 Å². The highest BCUT2D eigenvalue weighted by atomic mass is 17.5. The molecular weight excluding hydrogens is 276 g/mol. The third-order valence-electron chi connectivity index (χ3n) is 2.29. The minimum Gasteiger partial charge on any atom is -0.432 e. The molecule has 0 saturated carbocycles. The SMILES string of the molecule is Cc1cc(C)cc(C(=O)OOOC(=O)OCC(C)(C)C)c1. The highest BCUT2D eigenvalue weighted by Crippen LogP contribution is 2.13. The highest BCUT2D eigenvalue weighted by Gasteiger charge is 2.16. The molecule has 0 radical (unpaired) electrons. The smallest absolute Gasteiger partial charge is 0.432 e. The van der Waals surface area contributed by atoms with Crippen LogP contribution < -0.4 is 0 Å². The number of ether oxygens (including phenoxy) is 1. The monoisotopic (exact) mass is 296 g/mol. The van der Waals surface area contributed by atoms with Crippen LogP contribution in [0.25, 0.3) is 0 Å². The van der Waals surface area contributed by atoms with Gasteiger partial charge in [0.1, 0.15) is 0 Å². The van der Waals surface area contributed by atoms with Crippen LogP contribution in [0.15, 0.2) is 18.2 Å². The van der Waals surface area contributed by atoms with Crippen molar-refractivity contribution in [1.82, 2.24) is 0 Å². The zero-order valence-electron chi connectivity index (χ0n) is 12.9. The van der Waals surface area contributed by atoms with Crippen molar-refractivity contribution >= 4 is 12.1 Å². The van der Waals surface area contributed by atoms with Gasteiger partial charge in [-0.15, -0.1) is 0 Å². The van der Waals surface area contributed by atoms with Crippen molar-refractivity contribution in [2.24, 2.45) is 5.41 Å². The van der Waals surface area contributed by atoms with E-state index in [1.165, 1.54) is 0 Å². The molecule has 0 spiro atoms. The molecule has 6 nitrogen and oxygen atoms in total. The Morgan fingerprint density at radius 3 is 2.10 bits per heavy atom. The van der Waals surface area contributed by atoms with E-state index in [1.807, 2.05) is 40.7 Å². The number of carbonyl (C=O) groups is 2. The quantitative estimate of drug-likeness (QED) is 0.481. The number of benzene rings is 1. The van der Waals surface area contributed by atoms with Gasteiger partial charge in [-0.1, -0.05) is 38.0 Å². The summed E-state index contributed by atoms with van der Waals surface area (Å²) in [5, 5.41) is 4.13. The fourth-order valence-corrected chi connectivity index (χ4v) is 1.52. The molecule has 1 rings (SSSR count). The van der Waals surface area contributed by atoms with Crippen LogP contribution in [0.3, 0.4) is 0 Å². The van der Waals surface area contributed by atoms with Crippen LogP contribution in [0, 0.1) is 19.3 Å². The van der Waals surface area contributed by atoms with Crippen molar-refractivity contribution in [3.05, 3.63) is 34.9 Å². The van der Waals surface area contributed by atoms with Crippen molar-refractivity contribution in [3.8, 4) is 0 Å². The first-order valence-electron chi connectivity index (χ1n) is 6.48. The number of hydrogen-bond acceptors (Lipinski definition) is 6. The molecule has 0 unspecified atom stereocenters. The molecule has 0 aliphatic rings. The van der Waals surface area contributed by atoms with Gasteiger partial charge in [0, 0.05) is 0 Å². The summed E-state index contributed by atoms with van der Waals surface area (Å²) < 4.78 is 4.75. The fourth-order valence-electron chi connectivity index (χ4n) is 1.52. The van der Waals surface area contributed by atoms with E-state index in [-0.39, 0.29) is 12.0 Å². The molecule has 1 aromatic rings. The summed E-state index contributed by atoms with van der Waals surface area (Å²) in [6, 6.07) is 5.19. The van der Waals surface area contributed by atoms with E-state index in [0.717, 1.165) is 11.1 Å². The molecule has 0 fully saturated rings. The normalized spacial score (nSPS) is 10.9. The van der Waals surface area contributed by atoms with E-state index in [9.17, 15) is 9.59 Å². The van der Waals surface area contributed by atoms with Gasteiger partial charge in [0.2, 0.25) is 0 Å². The number of aryl methyl sites for hydroxylation is 2. The van der Waals surface area contributed by atoms with Gasteiger partial charge >= 0.3 is 12.1 Å². The lowest BCUT2D eigenvalue weighted by Crippen LogP contribution is -2.19. The summed E-state index contributed by atoms with van der Waals surface area (Å²) >= 11 is 0. The lowest BCUT2D eigenvalue weighted by Gasteiger charge is -2.16. The van der Waals surface area contributed by atoms with Crippen LogP contribution in [0.2, 0.25) is 0 Å². The Hall–Kier alpha value is -2.08. The number of carbonyl (C=O) groups excluding carboxylic acids is 2. The summed E-state index contributed by atoms with van der Waals surface area (Å²) in [6.45, 7) is 9.53. The molecule has 116 valence electrons. The molecule has 21 heavy (non-hydrogen) atoms. The molecule has 1 aromatic carbocycles. The highest BCUT2D eigenvalue weighted by molar-refractivity contribution is 5.89. The Morgan fingerprint density at radius 1 is 1.00 bits per heavy atom. The zero-order chi connectivity index (χ0) is 16.0. The standard InChI is InChI=1S/C15H20O6/c1-10-6-11(2)8-12(7-10)13(16)19-21-20-14(17)18-9-15(3,4)5/h6-8H,9H2,1-5H3. The summed E-state index contributed by atoms with van der Waals surface area (Å²) in [5.41, 5.74) is 1.92. The van der Waals surface area contributed by atoms with E-state index in [2.05, 4.69) is 14.8 Å². The molecule has 0 amide bonds. The van der Waals surface area contributed by atoms with E-state index in [4.69, 9.17) is 4.74 Å². The molecular formula is C15H20O6.